The molecule has 0 bridgehead atoms. The summed E-state index contributed by atoms with van der Waals surface area (Å²) in [5, 5.41) is 0. The first-order valence-corrected chi connectivity index (χ1v) is 5.85. The van der Waals surface area contributed by atoms with Crippen molar-refractivity contribution < 1.29 is 4.74 Å². The van der Waals surface area contributed by atoms with E-state index in [1.54, 1.807) is 11.8 Å². The van der Waals surface area contributed by atoms with E-state index in [1.807, 2.05) is 41.9 Å². The molecule has 5 nitrogen and oxygen atoms in total. The quantitative estimate of drug-likeness (QED) is 0.888. The molecule has 0 saturated carbocycles. The average molecular weight is 247 g/mol. The number of para-hydroxylation sites is 1. The first-order valence-electron chi connectivity index (χ1n) is 5.85. The van der Waals surface area contributed by atoms with Gasteiger partial charge in [-0.25, -0.2) is 4.68 Å². The fourth-order valence-electron chi connectivity index (χ4n) is 2.05. The molecule has 1 aromatic heterocycles. The summed E-state index contributed by atoms with van der Waals surface area (Å²) in [7, 11) is 1.59. The van der Waals surface area contributed by atoms with E-state index in [9.17, 15) is 4.79 Å². The van der Waals surface area contributed by atoms with Crippen LogP contribution < -0.4 is 11.3 Å². The highest BCUT2D eigenvalue weighted by Crippen LogP contribution is 2.14. The lowest BCUT2D eigenvalue weighted by Gasteiger charge is -2.12. The fourth-order valence-corrected chi connectivity index (χ4v) is 2.05. The molecule has 0 saturated heterocycles. The van der Waals surface area contributed by atoms with Crippen LogP contribution in [0.2, 0.25) is 0 Å². The third-order valence-electron chi connectivity index (χ3n) is 2.87. The van der Waals surface area contributed by atoms with Gasteiger partial charge in [-0.15, -0.1) is 0 Å². The first-order chi connectivity index (χ1) is 8.70. The molecule has 0 radical (unpaired) electrons. The van der Waals surface area contributed by atoms with Crippen LogP contribution in [0.1, 0.15) is 12.6 Å². The summed E-state index contributed by atoms with van der Waals surface area (Å²) in [4.78, 5) is 12.2. The van der Waals surface area contributed by atoms with Crippen molar-refractivity contribution in [2.45, 2.75) is 20.1 Å². The van der Waals surface area contributed by atoms with E-state index in [4.69, 9.17) is 10.5 Å². The third-order valence-corrected chi connectivity index (χ3v) is 2.87. The van der Waals surface area contributed by atoms with Crippen LogP contribution >= 0.6 is 0 Å². The molecule has 0 spiro atoms. The molecular weight excluding hydrogens is 230 g/mol. The fraction of sp³-hybridized carbons (Fsp3) is 0.308. The zero-order chi connectivity index (χ0) is 13.1. The molecule has 1 heterocycles. The summed E-state index contributed by atoms with van der Waals surface area (Å²) in [6.07, 6.45) is 0. The Bertz CT molecular complexity index is 584. The SMILES string of the molecule is CCn1c(COC)c(N)c(=O)n1-c1ccccc1. The third kappa shape index (κ3) is 1.93. The molecule has 2 N–H and O–H groups in total. The number of methoxy groups -OCH3 is 1. The van der Waals surface area contributed by atoms with Crippen LogP contribution in [-0.4, -0.2) is 16.5 Å². The summed E-state index contributed by atoms with van der Waals surface area (Å²) in [6.45, 7) is 2.95. The number of aromatic nitrogens is 2. The van der Waals surface area contributed by atoms with Gasteiger partial charge in [-0.3, -0.25) is 9.48 Å². The van der Waals surface area contributed by atoms with Crippen molar-refractivity contribution in [2.75, 3.05) is 12.8 Å². The van der Waals surface area contributed by atoms with Crippen LogP contribution in [0, 0.1) is 0 Å². The predicted molar refractivity (Wildman–Crippen MR) is 70.8 cm³/mol. The van der Waals surface area contributed by atoms with Gasteiger partial charge in [0, 0.05) is 13.7 Å². The minimum atomic E-state index is -0.199. The Morgan fingerprint density at radius 2 is 1.94 bits per heavy atom. The number of hydrogen-bond donors (Lipinski definition) is 1. The Balaban J connectivity index is 2.68. The Labute approximate surface area is 105 Å². The number of nitrogen functional groups attached to an aromatic ring is 1. The molecule has 0 fully saturated rings. The van der Waals surface area contributed by atoms with E-state index >= 15 is 0 Å². The van der Waals surface area contributed by atoms with Gasteiger partial charge in [0.25, 0.3) is 5.56 Å². The molecule has 2 aromatic rings. The smallest absolute Gasteiger partial charge is 0.294 e. The molecule has 96 valence electrons. The number of rotatable bonds is 4. The molecule has 5 heteroatoms. The monoisotopic (exact) mass is 247 g/mol. The maximum atomic E-state index is 12.2. The van der Waals surface area contributed by atoms with Crippen LogP contribution in [0.5, 0.6) is 0 Å². The van der Waals surface area contributed by atoms with E-state index in [0.717, 1.165) is 5.69 Å². The lowest BCUT2D eigenvalue weighted by molar-refractivity contribution is 0.176. The Morgan fingerprint density at radius 3 is 2.50 bits per heavy atom. The minimum Gasteiger partial charge on any atom is -0.393 e. The van der Waals surface area contributed by atoms with Gasteiger partial charge in [-0.05, 0) is 19.1 Å². The van der Waals surface area contributed by atoms with Crippen molar-refractivity contribution in [3.63, 3.8) is 0 Å². The lowest BCUT2D eigenvalue weighted by Crippen LogP contribution is -2.22. The molecule has 0 unspecified atom stereocenters. The summed E-state index contributed by atoms with van der Waals surface area (Å²) in [5.74, 6) is 0. The van der Waals surface area contributed by atoms with Crippen LogP contribution in [0.4, 0.5) is 5.69 Å². The average Bonchev–Trinajstić information content (AvgIpc) is 2.64. The van der Waals surface area contributed by atoms with Crippen LogP contribution in [-0.2, 0) is 17.9 Å². The van der Waals surface area contributed by atoms with Crippen molar-refractivity contribution in [3.8, 4) is 5.69 Å². The number of nitrogens with zero attached hydrogens (tertiary/aromatic N) is 2. The Morgan fingerprint density at radius 1 is 1.28 bits per heavy atom. The molecular formula is C13H17N3O2. The van der Waals surface area contributed by atoms with Crippen molar-refractivity contribution in [2.24, 2.45) is 0 Å². The molecule has 18 heavy (non-hydrogen) atoms. The maximum absolute atomic E-state index is 12.2. The summed E-state index contributed by atoms with van der Waals surface area (Å²) in [6, 6.07) is 9.45. The van der Waals surface area contributed by atoms with E-state index in [-0.39, 0.29) is 11.2 Å². The van der Waals surface area contributed by atoms with Crippen LogP contribution in [0.15, 0.2) is 35.1 Å². The van der Waals surface area contributed by atoms with Crippen molar-refractivity contribution in [1.82, 2.24) is 9.36 Å². The molecule has 0 aliphatic rings. The van der Waals surface area contributed by atoms with Gasteiger partial charge >= 0.3 is 0 Å². The minimum absolute atomic E-state index is 0.199. The predicted octanol–water partition coefficient (Wildman–Crippen LogP) is 1.39. The Kier molecular flexibility index (Phi) is 3.53. The largest absolute Gasteiger partial charge is 0.393 e. The molecule has 0 atom stereocenters. The number of hydrogen-bond acceptors (Lipinski definition) is 3. The van der Waals surface area contributed by atoms with Gasteiger partial charge in [0.05, 0.1) is 18.0 Å². The second kappa shape index (κ2) is 5.10. The van der Waals surface area contributed by atoms with Crippen molar-refractivity contribution in [1.29, 1.82) is 0 Å². The number of nitrogens with two attached hydrogens (primary N) is 1. The molecule has 0 aliphatic carbocycles. The number of anilines is 1. The second-order valence-corrected chi connectivity index (χ2v) is 3.96. The highest BCUT2D eigenvalue weighted by molar-refractivity contribution is 5.45. The normalized spacial score (nSPS) is 10.8. The second-order valence-electron chi connectivity index (χ2n) is 3.96. The topological polar surface area (TPSA) is 62.2 Å². The van der Waals surface area contributed by atoms with E-state index < -0.39 is 0 Å². The number of benzene rings is 1. The zero-order valence-electron chi connectivity index (χ0n) is 10.6. The summed E-state index contributed by atoms with van der Waals surface area (Å²) < 4.78 is 8.53. The highest BCUT2D eigenvalue weighted by Gasteiger charge is 2.17. The van der Waals surface area contributed by atoms with Gasteiger partial charge in [-0.2, -0.15) is 0 Å². The van der Waals surface area contributed by atoms with Crippen LogP contribution in [0.25, 0.3) is 5.69 Å². The van der Waals surface area contributed by atoms with Gasteiger partial charge in [0.1, 0.15) is 5.69 Å². The van der Waals surface area contributed by atoms with Crippen LogP contribution in [0.3, 0.4) is 0 Å². The van der Waals surface area contributed by atoms with E-state index in [0.29, 0.717) is 18.8 Å². The van der Waals surface area contributed by atoms with Gasteiger partial charge in [-0.1, -0.05) is 18.2 Å². The summed E-state index contributed by atoms with van der Waals surface area (Å²) in [5.41, 5.74) is 7.44. The van der Waals surface area contributed by atoms with E-state index in [1.165, 1.54) is 0 Å². The zero-order valence-corrected chi connectivity index (χ0v) is 10.6. The standard InChI is InChI=1S/C13H17N3O2/c1-3-15-11(9-18-2)12(14)13(17)16(15)10-7-5-4-6-8-10/h4-8H,3,9,14H2,1-2H3. The van der Waals surface area contributed by atoms with Crippen molar-refractivity contribution >= 4 is 5.69 Å². The molecule has 2 rings (SSSR count). The molecule has 0 aliphatic heterocycles. The Hall–Kier alpha value is -2.01. The van der Waals surface area contributed by atoms with Gasteiger partial charge in [0.2, 0.25) is 0 Å². The first kappa shape index (κ1) is 12.4. The highest BCUT2D eigenvalue weighted by atomic mass is 16.5. The molecule has 0 amide bonds. The van der Waals surface area contributed by atoms with Gasteiger partial charge < -0.3 is 10.5 Å². The van der Waals surface area contributed by atoms with Crippen molar-refractivity contribution in [3.05, 3.63) is 46.4 Å². The van der Waals surface area contributed by atoms with E-state index in [2.05, 4.69) is 0 Å². The number of ether oxygens (including phenoxy) is 1. The summed E-state index contributed by atoms with van der Waals surface area (Å²) >= 11 is 0. The lowest BCUT2D eigenvalue weighted by atomic mass is 10.3. The van der Waals surface area contributed by atoms with Gasteiger partial charge in [0.15, 0.2) is 0 Å². The molecule has 1 aromatic carbocycles. The maximum Gasteiger partial charge on any atom is 0.294 e.